The van der Waals surface area contributed by atoms with Gasteiger partial charge in [-0.3, -0.25) is 14.4 Å². The first-order chi connectivity index (χ1) is 15.7. The molecule has 1 amide bonds. The Labute approximate surface area is 195 Å². The van der Waals surface area contributed by atoms with Gasteiger partial charge in [-0.1, -0.05) is 68.5 Å². The summed E-state index contributed by atoms with van der Waals surface area (Å²) in [5.74, 6) is -2.51. The van der Waals surface area contributed by atoms with Crippen molar-refractivity contribution in [1.82, 2.24) is 4.90 Å². The number of rotatable bonds is 8. The van der Waals surface area contributed by atoms with Gasteiger partial charge in [0.05, 0.1) is 18.2 Å². The van der Waals surface area contributed by atoms with Crippen molar-refractivity contribution >= 4 is 17.5 Å². The molecule has 3 aliphatic rings. The third-order valence-electron chi connectivity index (χ3n) is 6.17. The molecule has 0 unspecified atom stereocenters. The summed E-state index contributed by atoms with van der Waals surface area (Å²) in [6.07, 6.45) is 16.7. The van der Waals surface area contributed by atoms with Gasteiger partial charge in [0.1, 0.15) is 18.3 Å². The van der Waals surface area contributed by atoms with Gasteiger partial charge in [-0.25, -0.2) is 0 Å². The number of fused-ring (bicyclic) bond motifs is 1. The fourth-order valence-corrected chi connectivity index (χ4v) is 4.60. The summed E-state index contributed by atoms with van der Waals surface area (Å²) in [5.41, 5.74) is 0. The van der Waals surface area contributed by atoms with Gasteiger partial charge in [-0.2, -0.15) is 0 Å². The molecule has 0 bridgehead atoms. The maximum atomic E-state index is 12.4. The number of nitrogens with zero attached hydrogens (tertiary/aromatic N) is 1. The van der Waals surface area contributed by atoms with E-state index in [0.29, 0.717) is 0 Å². The van der Waals surface area contributed by atoms with Crippen molar-refractivity contribution in [2.75, 3.05) is 7.05 Å². The predicted octanol–water partition coefficient (Wildman–Crippen LogP) is 2.32. The van der Waals surface area contributed by atoms with Gasteiger partial charge >= 0.3 is 0 Å². The number of hydrogen-bond donors (Lipinski definition) is 1. The molecule has 0 spiro atoms. The minimum atomic E-state index is -1.23. The van der Waals surface area contributed by atoms with Gasteiger partial charge in [0.2, 0.25) is 5.91 Å². The van der Waals surface area contributed by atoms with Crippen LogP contribution < -0.4 is 0 Å². The third-order valence-corrected chi connectivity index (χ3v) is 6.17. The van der Waals surface area contributed by atoms with Gasteiger partial charge in [0.15, 0.2) is 17.5 Å². The number of likely N-dealkylation sites (tertiary alicyclic amines) is 1. The van der Waals surface area contributed by atoms with Crippen LogP contribution in [0.5, 0.6) is 0 Å². The Balaban J connectivity index is 1.41. The van der Waals surface area contributed by atoms with Crippen LogP contribution in [0.15, 0.2) is 60.8 Å². The van der Waals surface area contributed by atoms with E-state index in [-0.39, 0.29) is 36.1 Å². The van der Waals surface area contributed by atoms with Gasteiger partial charge in [0, 0.05) is 13.5 Å². The first-order valence-corrected chi connectivity index (χ1v) is 11.4. The van der Waals surface area contributed by atoms with E-state index in [1.54, 1.807) is 25.3 Å². The fourth-order valence-electron chi connectivity index (χ4n) is 4.60. The van der Waals surface area contributed by atoms with Crippen molar-refractivity contribution in [1.29, 1.82) is 0 Å². The highest BCUT2D eigenvalue weighted by molar-refractivity contribution is 6.26. The molecule has 3 heterocycles. The van der Waals surface area contributed by atoms with Crippen molar-refractivity contribution in [2.24, 2.45) is 11.8 Å². The number of carbonyl (C=O) groups is 3. The molecule has 3 fully saturated rings. The molecule has 7 nitrogen and oxygen atoms in total. The smallest absolute Gasteiger partial charge is 0.241 e. The van der Waals surface area contributed by atoms with Crippen LogP contribution in [0.3, 0.4) is 0 Å². The molecule has 3 aliphatic heterocycles. The number of amides is 1. The lowest BCUT2D eigenvalue weighted by molar-refractivity contribution is -0.136. The van der Waals surface area contributed by atoms with Crippen LogP contribution in [0.4, 0.5) is 0 Å². The Bertz CT molecular complexity index is 898. The van der Waals surface area contributed by atoms with Crippen LogP contribution in [0.2, 0.25) is 0 Å². The normalized spacial score (nSPS) is 35.2. The standard InChI is InChI=1S/C26H33NO6/c1-16(2)22-24(30)21(26(31)27(22)4)18(28)13-11-9-7-5-6-8-10-12-14-19-23(29)25-20(33-19)15-17(3)32-25/h5-14,16-17,19-23,25,29H,15H2,1-4H3/b6-5+,9-7+,10-8+,13-11+,14-12+/t17-,19+,20-,21+,22-,23+,25+/m0/s1. The topological polar surface area (TPSA) is 93.1 Å². The molecule has 0 aromatic heterocycles. The second-order valence-electron chi connectivity index (χ2n) is 9.05. The maximum Gasteiger partial charge on any atom is 0.241 e. The molecule has 3 rings (SSSR count). The highest BCUT2D eigenvalue weighted by atomic mass is 16.6. The number of ether oxygens (including phenoxy) is 2. The van der Waals surface area contributed by atoms with Crippen molar-refractivity contribution in [2.45, 2.75) is 63.8 Å². The average molecular weight is 456 g/mol. The number of carbonyl (C=O) groups excluding carboxylic acids is 3. The minimum Gasteiger partial charge on any atom is -0.387 e. The highest BCUT2D eigenvalue weighted by Crippen LogP contribution is 2.34. The highest BCUT2D eigenvalue weighted by Gasteiger charge is 2.49. The van der Waals surface area contributed by atoms with Crippen molar-refractivity contribution in [3.63, 3.8) is 0 Å². The van der Waals surface area contributed by atoms with E-state index in [1.165, 1.54) is 17.1 Å². The molecule has 178 valence electrons. The van der Waals surface area contributed by atoms with Gasteiger partial charge < -0.3 is 19.5 Å². The second kappa shape index (κ2) is 11.0. The minimum absolute atomic E-state index is 0.0329. The van der Waals surface area contributed by atoms with Crippen LogP contribution in [0, 0.1) is 11.8 Å². The fraction of sp³-hybridized carbons (Fsp3) is 0.500. The summed E-state index contributed by atoms with van der Waals surface area (Å²) in [4.78, 5) is 38.4. The lowest BCUT2D eigenvalue weighted by Crippen LogP contribution is -2.36. The average Bonchev–Trinajstić information content (AvgIpc) is 3.33. The quantitative estimate of drug-likeness (QED) is 0.343. The molecular weight excluding hydrogens is 422 g/mol. The Kier molecular flexibility index (Phi) is 8.35. The first-order valence-electron chi connectivity index (χ1n) is 11.4. The van der Waals surface area contributed by atoms with Crippen LogP contribution in [0.25, 0.3) is 0 Å². The lowest BCUT2D eigenvalue weighted by Gasteiger charge is -2.21. The third kappa shape index (κ3) is 5.66. The molecule has 3 saturated heterocycles. The zero-order valence-electron chi connectivity index (χ0n) is 19.5. The first kappa shape index (κ1) is 25.0. The number of allylic oxidation sites excluding steroid dienone is 9. The molecule has 7 heteroatoms. The summed E-state index contributed by atoms with van der Waals surface area (Å²) in [7, 11) is 1.57. The summed E-state index contributed by atoms with van der Waals surface area (Å²) in [6, 6.07) is -0.542. The van der Waals surface area contributed by atoms with E-state index in [4.69, 9.17) is 9.47 Å². The molecule has 7 atom stereocenters. The summed E-state index contributed by atoms with van der Waals surface area (Å²) in [6.45, 7) is 5.70. The van der Waals surface area contributed by atoms with E-state index in [2.05, 4.69) is 0 Å². The SMILES string of the molecule is CC(C)[C@H]1C(=O)[C@@H](C(=O)/C=C/C=C/C=C/C=C/C=C/[C@H]2O[C@H]3C[C@H](C)O[C@H]3[C@@H]2O)C(=O)N1C. The van der Waals surface area contributed by atoms with Crippen molar-refractivity contribution < 1.29 is 29.0 Å². The van der Waals surface area contributed by atoms with Crippen LogP contribution >= 0.6 is 0 Å². The van der Waals surface area contributed by atoms with Gasteiger partial charge in [-0.15, -0.1) is 0 Å². The summed E-state index contributed by atoms with van der Waals surface area (Å²) in [5, 5.41) is 10.3. The Morgan fingerprint density at radius 1 is 1.03 bits per heavy atom. The monoisotopic (exact) mass is 455 g/mol. The van der Waals surface area contributed by atoms with Crippen molar-refractivity contribution in [3.8, 4) is 0 Å². The number of aliphatic hydroxyl groups excluding tert-OH is 1. The number of aliphatic hydroxyl groups is 1. The predicted molar refractivity (Wildman–Crippen MR) is 124 cm³/mol. The molecule has 0 aromatic carbocycles. The summed E-state index contributed by atoms with van der Waals surface area (Å²) < 4.78 is 11.5. The Morgan fingerprint density at radius 2 is 1.64 bits per heavy atom. The van der Waals surface area contributed by atoms with Crippen LogP contribution in [-0.4, -0.2) is 71.1 Å². The molecule has 1 N–H and O–H groups in total. The second-order valence-corrected chi connectivity index (χ2v) is 9.05. The maximum absolute atomic E-state index is 12.4. The summed E-state index contributed by atoms with van der Waals surface area (Å²) >= 11 is 0. The molecule has 0 radical (unpaired) electrons. The zero-order chi connectivity index (χ0) is 24.1. The lowest BCUT2D eigenvalue weighted by atomic mass is 9.93. The van der Waals surface area contributed by atoms with Crippen LogP contribution in [0.1, 0.15) is 27.2 Å². The molecular formula is C26H33NO6. The van der Waals surface area contributed by atoms with E-state index in [0.717, 1.165) is 6.42 Å². The van der Waals surface area contributed by atoms with E-state index in [1.807, 2.05) is 51.2 Å². The molecule has 0 saturated carbocycles. The van der Waals surface area contributed by atoms with E-state index < -0.39 is 29.8 Å². The molecule has 0 aliphatic carbocycles. The van der Waals surface area contributed by atoms with E-state index >= 15 is 0 Å². The molecule has 0 aromatic rings. The van der Waals surface area contributed by atoms with Gasteiger partial charge in [0.25, 0.3) is 0 Å². The number of hydrogen-bond acceptors (Lipinski definition) is 6. The number of likely N-dealkylation sites (N-methyl/N-ethyl adjacent to an activating group) is 1. The number of Topliss-reactive ketones (excluding diaryl/α,β-unsaturated/α-hetero) is 1. The Hall–Kier alpha value is -2.61. The van der Waals surface area contributed by atoms with Crippen LogP contribution in [-0.2, 0) is 23.9 Å². The largest absolute Gasteiger partial charge is 0.387 e. The molecule has 33 heavy (non-hydrogen) atoms. The zero-order valence-corrected chi connectivity index (χ0v) is 19.5. The Morgan fingerprint density at radius 3 is 2.21 bits per heavy atom. The number of ketones is 2. The van der Waals surface area contributed by atoms with E-state index in [9.17, 15) is 19.5 Å². The van der Waals surface area contributed by atoms with Gasteiger partial charge in [-0.05, 0) is 18.9 Å². The van der Waals surface area contributed by atoms with Crippen molar-refractivity contribution in [3.05, 3.63) is 60.8 Å².